The predicted octanol–water partition coefficient (Wildman–Crippen LogP) is 3.33. The Morgan fingerprint density at radius 1 is 1.21 bits per heavy atom. The fourth-order valence-corrected chi connectivity index (χ4v) is 3.48. The number of esters is 1. The SMILES string of the molecule is Cc1cc(NC(=O)COC(=O)[C@H]2CC(=O)N(CCc3ccccc3)C2)ccc1Br. The van der Waals surface area contributed by atoms with Crippen LogP contribution in [0.4, 0.5) is 5.69 Å². The number of carbonyl (C=O) groups excluding carboxylic acids is 3. The quantitative estimate of drug-likeness (QED) is 0.645. The average molecular weight is 459 g/mol. The summed E-state index contributed by atoms with van der Waals surface area (Å²) in [5, 5.41) is 2.70. The molecule has 1 fully saturated rings. The molecule has 0 unspecified atom stereocenters. The molecule has 152 valence electrons. The molecular formula is C22H23BrN2O4. The highest BCUT2D eigenvalue weighted by atomic mass is 79.9. The number of aryl methyl sites for hydroxylation is 1. The summed E-state index contributed by atoms with van der Waals surface area (Å²) in [4.78, 5) is 38.2. The van der Waals surface area contributed by atoms with E-state index in [1.807, 2.05) is 49.4 Å². The van der Waals surface area contributed by atoms with Gasteiger partial charge in [-0.05, 0) is 42.7 Å². The molecule has 7 heteroatoms. The van der Waals surface area contributed by atoms with E-state index in [1.54, 1.807) is 11.0 Å². The van der Waals surface area contributed by atoms with Crippen LogP contribution >= 0.6 is 15.9 Å². The number of hydrogen-bond acceptors (Lipinski definition) is 4. The molecule has 1 atom stereocenters. The van der Waals surface area contributed by atoms with Crippen molar-refractivity contribution < 1.29 is 19.1 Å². The molecule has 29 heavy (non-hydrogen) atoms. The number of rotatable bonds is 7. The predicted molar refractivity (Wildman–Crippen MR) is 113 cm³/mol. The van der Waals surface area contributed by atoms with E-state index < -0.39 is 17.8 Å². The summed E-state index contributed by atoms with van der Waals surface area (Å²) in [6, 6.07) is 15.3. The lowest BCUT2D eigenvalue weighted by molar-refractivity contribution is -0.151. The topological polar surface area (TPSA) is 75.7 Å². The van der Waals surface area contributed by atoms with Gasteiger partial charge in [0.1, 0.15) is 0 Å². The van der Waals surface area contributed by atoms with Gasteiger partial charge in [0.05, 0.1) is 5.92 Å². The number of nitrogens with one attached hydrogen (secondary N) is 1. The smallest absolute Gasteiger partial charge is 0.311 e. The minimum absolute atomic E-state index is 0.0577. The maximum Gasteiger partial charge on any atom is 0.311 e. The van der Waals surface area contributed by atoms with Gasteiger partial charge in [0.15, 0.2) is 6.61 Å². The Labute approximate surface area is 178 Å². The number of hydrogen-bond donors (Lipinski definition) is 1. The van der Waals surface area contributed by atoms with Gasteiger partial charge >= 0.3 is 5.97 Å². The lowest BCUT2D eigenvalue weighted by Gasteiger charge is -2.16. The summed E-state index contributed by atoms with van der Waals surface area (Å²) in [5.41, 5.74) is 2.76. The van der Waals surface area contributed by atoms with Crippen LogP contribution in [0.1, 0.15) is 17.5 Å². The van der Waals surface area contributed by atoms with Crippen molar-refractivity contribution >= 4 is 39.4 Å². The third-order valence-corrected chi connectivity index (χ3v) is 5.74. The van der Waals surface area contributed by atoms with Gasteiger partial charge in [0.25, 0.3) is 5.91 Å². The minimum atomic E-state index is -0.527. The Morgan fingerprint density at radius 2 is 1.97 bits per heavy atom. The first-order valence-electron chi connectivity index (χ1n) is 9.46. The maximum atomic E-state index is 12.3. The number of ether oxygens (including phenoxy) is 1. The van der Waals surface area contributed by atoms with E-state index in [4.69, 9.17) is 4.74 Å². The highest BCUT2D eigenvalue weighted by Gasteiger charge is 2.35. The molecule has 0 saturated carbocycles. The van der Waals surface area contributed by atoms with Crippen molar-refractivity contribution in [3.63, 3.8) is 0 Å². The molecule has 0 spiro atoms. The molecule has 0 bridgehead atoms. The van der Waals surface area contributed by atoms with Crippen molar-refractivity contribution in [1.29, 1.82) is 0 Å². The van der Waals surface area contributed by atoms with E-state index in [-0.39, 0.29) is 18.9 Å². The molecule has 6 nitrogen and oxygen atoms in total. The number of likely N-dealkylation sites (tertiary alicyclic amines) is 1. The van der Waals surface area contributed by atoms with Gasteiger partial charge < -0.3 is 15.0 Å². The zero-order valence-corrected chi connectivity index (χ0v) is 17.8. The normalized spacial score (nSPS) is 16.0. The number of nitrogens with zero attached hydrogens (tertiary/aromatic N) is 1. The van der Waals surface area contributed by atoms with E-state index in [9.17, 15) is 14.4 Å². The summed E-state index contributed by atoms with van der Waals surface area (Å²) in [6.45, 7) is 2.44. The Bertz CT molecular complexity index is 901. The van der Waals surface area contributed by atoms with Gasteiger partial charge in [-0.2, -0.15) is 0 Å². The number of anilines is 1. The number of benzene rings is 2. The highest BCUT2D eigenvalue weighted by Crippen LogP contribution is 2.21. The lowest BCUT2D eigenvalue weighted by Crippen LogP contribution is -2.29. The van der Waals surface area contributed by atoms with Crippen LogP contribution in [0.2, 0.25) is 0 Å². The van der Waals surface area contributed by atoms with E-state index in [1.165, 1.54) is 0 Å². The van der Waals surface area contributed by atoms with Crippen molar-refractivity contribution in [1.82, 2.24) is 4.90 Å². The van der Waals surface area contributed by atoms with Crippen molar-refractivity contribution in [2.24, 2.45) is 5.92 Å². The monoisotopic (exact) mass is 458 g/mol. The van der Waals surface area contributed by atoms with Crippen LogP contribution in [-0.2, 0) is 25.5 Å². The first-order valence-corrected chi connectivity index (χ1v) is 10.3. The van der Waals surface area contributed by atoms with Gasteiger partial charge in [-0.1, -0.05) is 46.3 Å². The number of carbonyl (C=O) groups is 3. The van der Waals surface area contributed by atoms with E-state index in [0.717, 1.165) is 22.0 Å². The second kappa shape index (κ2) is 9.69. The lowest BCUT2D eigenvalue weighted by atomic mass is 10.1. The minimum Gasteiger partial charge on any atom is -0.455 e. The van der Waals surface area contributed by atoms with Crippen LogP contribution in [0.3, 0.4) is 0 Å². The molecule has 2 aromatic rings. The van der Waals surface area contributed by atoms with Crippen LogP contribution in [-0.4, -0.2) is 42.4 Å². The Morgan fingerprint density at radius 3 is 2.69 bits per heavy atom. The van der Waals surface area contributed by atoms with E-state index in [2.05, 4.69) is 21.2 Å². The van der Waals surface area contributed by atoms with E-state index in [0.29, 0.717) is 18.8 Å². The van der Waals surface area contributed by atoms with Crippen molar-refractivity contribution in [3.05, 3.63) is 64.1 Å². The molecule has 1 aliphatic heterocycles. The Balaban J connectivity index is 1.43. The summed E-state index contributed by atoms with van der Waals surface area (Å²) in [7, 11) is 0. The highest BCUT2D eigenvalue weighted by molar-refractivity contribution is 9.10. The third kappa shape index (κ3) is 5.90. The summed E-state index contributed by atoms with van der Waals surface area (Å²) < 4.78 is 6.08. The first-order chi connectivity index (χ1) is 13.9. The van der Waals surface area contributed by atoms with Crippen LogP contribution in [0.15, 0.2) is 53.0 Å². The van der Waals surface area contributed by atoms with Crippen LogP contribution in [0.25, 0.3) is 0 Å². The first kappa shape index (κ1) is 21.0. The fraction of sp³-hybridized carbons (Fsp3) is 0.318. The van der Waals surface area contributed by atoms with Crippen molar-refractivity contribution in [2.75, 3.05) is 25.0 Å². The van der Waals surface area contributed by atoms with Crippen LogP contribution in [0.5, 0.6) is 0 Å². The van der Waals surface area contributed by atoms with Gasteiger partial charge in [0, 0.05) is 29.7 Å². The fourth-order valence-electron chi connectivity index (χ4n) is 3.23. The zero-order chi connectivity index (χ0) is 20.8. The van der Waals surface area contributed by atoms with E-state index >= 15 is 0 Å². The maximum absolute atomic E-state index is 12.3. The van der Waals surface area contributed by atoms with Crippen LogP contribution < -0.4 is 5.32 Å². The second-order valence-corrected chi connectivity index (χ2v) is 7.95. The molecule has 1 aliphatic rings. The molecule has 1 saturated heterocycles. The standard InChI is InChI=1S/C22H23BrN2O4/c1-15-11-18(7-8-19(15)23)24-20(26)14-29-22(28)17-12-21(27)25(13-17)10-9-16-5-3-2-4-6-16/h2-8,11,17H,9-10,12-14H2,1H3,(H,24,26)/t17-/m0/s1. The van der Waals surface area contributed by atoms with Gasteiger partial charge in [-0.3, -0.25) is 14.4 Å². The zero-order valence-electron chi connectivity index (χ0n) is 16.2. The summed E-state index contributed by atoms with van der Waals surface area (Å²) in [5.74, 6) is -1.51. The molecule has 2 amide bonds. The molecule has 0 aliphatic carbocycles. The third-order valence-electron chi connectivity index (χ3n) is 4.85. The molecule has 1 heterocycles. The Kier molecular flexibility index (Phi) is 7.04. The second-order valence-electron chi connectivity index (χ2n) is 7.10. The molecule has 3 rings (SSSR count). The molecule has 2 aromatic carbocycles. The number of amides is 2. The largest absolute Gasteiger partial charge is 0.455 e. The molecule has 0 aromatic heterocycles. The van der Waals surface area contributed by atoms with Gasteiger partial charge in [-0.15, -0.1) is 0 Å². The average Bonchev–Trinajstić information content (AvgIpc) is 3.09. The van der Waals surface area contributed by atoms with Gasteiger partial charge in [0.2, 0.25) is 5.91 Å². The van der Waals surface area contributed by atoms with Crippen LogP contribution in [0, 0.1) is 12.8 Å². The van der Waals surface area contributed by atoms with Crippen molar-refractivity contribution in [3.8, 4) is 0 Å². The van der Waals surface area contributed by atoms with Gasteiger partial charge in [-0.25, -0.2) is 0 Å². The summed E-state index contributed by atoms with van der Waals surface area (Å²) >= 11 is 3.40. The Hall–Kier alpha value is -2.67. The number of halogens is 1. The molecule has 1 N–H and O–H groups in total. The molecular weight excluding hydrogens is 436 g/mol. The summed E-state index contributed by atoms with van der Waals surface area (Å²) in [6.07, 6.45) is 0.866. The van der Waals surface area contributed by atoms with Crippen molar-refractivity contribution in [2.45, 2.75) is 19.8 Å². The molecule has 0 radical (unpaired) electrons.